The van der Waals surface area contributed by atoms with Gasteiger partial charge in [-0.2, -0.15) is 13.2 Å². The molecule has 0 aromatic rings. The third kappa shape index (κ3) is 4.12. The Balaban J connectivity index is 1.70. The lowest BCUT2D eigenvalue weighted by atomic mass is 9.86. The quantitative estimate of drug-likeness (QED) is 0.689. The Morgan fingerprint density at radius 2 is 1.61 bits per heavy atom. The molecule has 6 nitrogen and oxygen atoms in total. The molecule has 1 unspecified atom stereocenters. The molecule has 4 amide bonds. The van der Waals surface area contributed by atoms with Crippen LogP contribution in [0.15, 0.2) is 0 Å². The van der Waals surface area contributed by atoms with Gasteiger partial charge >= 0.3 is 12.2 Å². The van der Waals surface area contributed by atoms with Gasteiger partial charge < -0.3 is 5.32 Å². The number of alkyl halides is 3. The molecule has 28 heavy (non-hydrogen) atoms. The number of rotatable bonds is 5. The molecule has 1 atom stereocenters. The summed E-state index contributed by atoms with van der Waals surface area (Å²) < 4.78 is 41.6. The van der Waals surface area contributed by atoms with Gasteiger partial charge in [-0.1, -0.05) is 51.4 Å². The standard InChI is InChI=1S/C19H28F3N3O3/c20-19(21,22)18(23-15(26)12-11-13-7-3-1-4-8-13)16(27)25(17(28)24-18)14-9-5-2-6-10-14/h13-14H,1-12H2,(H,23,26)(H,24,28). The van der Waals surface area contributed by atoms with Gasteiger partial charge in [-0.3, -0.25) is 19.8 Å². The van der Waals surface area contributed by atoms with Crippen LogP contribution in [0, 0.1) is 5.92 Å². The second-order valence-corrected chi connectivity index (χ2v) is 8.24. The van der Waals surface area contributed by atoms with Crippen LogP contribution in [0.25, 0.3) is 0 Å². The van der Waals surface area contributed by atoms with Crippen molar-refractivity contribution in [2.24, 2.45) is 5.92 Å². The zero-order chi connectivity index (χ0) is 20.4. The van der Waals surface area contributed by atoms with Crippen molar-refractivity contribution in [1.82, 2.24) is 15.5 Å². The molecule has 1 aliphatic heterocycles. The summed E-state index contributed by atoms with van der Waals surface area (Å²) in [7, 11) is 0. The third-order valence-electron chi connectivity index (χ3n) is 6.25. The van der Waals surface area contributed by atoms with E-state index in [4.69, 9.17) is 0 Å². The van der Waals surface area contributed by atoms with E-state index >= 15 is 0 Å². The normalized spacial score (nSPS) is 27.8. The van der Waals surface area contributed by atoms with Gasteiger partial charge in [0.25, 0.3) is 11.6 Å². The number of halogens is 3. The van der Waals surface area contributed by atoms with Gasteiger partial charge in [-0.15, -0.1) is 0 Å². The zero-order valence-electron chi connectivity index (χ0n) is 15.9. The molecule has 3 fully saturated rings. The topological polar surface area (TPSA) is 78.5 Å². The lowest BCUT2D eigenvalue weighted by Crippen LogP contribution is -2.69. The van der Waals surface area contributed by atoms with E-state index in [1.807, 2.05) is 5.32 Å². The minimum atomic E-state index is -5.12. The van der Waals surface area contributed by atoms with Crippen molar-refractivity contribution in [1.29, 1.82) is 0 Å². The Hall–Kier alpha value is -1.80. The van der Waals surface area contributed by atoms with Crippen LogP contribution in [0.1, 0.15) is 77.0 Å². The average molecular weight is 403 g/mol. The molecule has 0 aromatic carbocycles. The minimum absolute atomic E-state index is 0.0882. The molecule has 0 spiro atoms. The summed E-state index contributed by atoms with van der Waals surface area (Å²) in [5.74, 6) is -1.95. The number of nitrogens with zero attached hydrogens (tertiary/aromatic N) is 1. The summed E-state index contributed by atoms with van der Waals surface area (Å²) in [6, 6.07) is -1.63. The highest BCUT2D eigenvalue weighted by molar-refractivity contribution is 6.09. The molecule has 158 valence electrons. The number of carbonyl (C=O) groups is 3. The lowest BCUT2D eigenvalue weighted by Gasteiger charge is -2.32. The minimum Gasteiger partial charge on any atom is -0.318 e. The van der Waals surface area contributed by atoms with Gasteiger partial charge in [0.1, 0.15) is 0 Å². The average Bonchev–Trinajstić information content (AvgIpc) is 2.92. The smallest absolute Gasteiger partial charge is 0.318 e. The fourth-order valence-electron chi connectivity index (χ4n) is 4.65. The van der Waals surface area contributed by atoms with Crippen LogP contribution in [-0.2, 0) is 9.59 Å². The number of amides is 4. The van der Waals surface area contributed by atoms with Crippen molar-refractivity contribution in [3.8, 4) is 0 Å². The van der Waals surface area contributed by atoms with Crippen LogP contribution in [0.2, 0.25) is 0 Å². The molecule has 3 aliphatic rings. The van der Waals surface area contributed by atoms with Gasteiger partial charge in [0.05, 0.1) is 0 Å². The first-order valence-corrected chi connectivity index (χ1v) is 10.3. The summed E-state index contributed by atoms with van der Waals surface area (Å²) in [5.41, 5.74) is -3.36. The highest BCUT2D eigenvalue weighted by Crippen LogP contribution is 2.37. The van der Waals surface area contributed by atoms with Crippen molar-refractivity contribution in [2.45, 2.75) is 94.9 Å². The molecule has 0 radical (unpaired) electrons. The predicted molar refractivity (Wildman–Crippen MR) is 95.0 cm³/mol. The summed E-state index contributed by atoms with van der Waals surface area (Å²) in [6.07, 6.45) is 3.96. The molecular formula is C19H28F3N3O3. The van der Waals surface area contributed by atoms with Crippen LogP contribution in [-0.4, -0.2) is 40.6 Å². The maximum atomic E-state index is 13.9. The van der Waals surface area contributed by atoms with Gasteiger partial charge in [0.15, 0.2) is 0 Å². The lowest BCUT2D eigenvalue weighted by molar-refractivity contribution is -0.204. The van der Waals surface area contributed by atoms with Crippen LogP contribution in [0.4, 0.5) is 18.0 Å². The molecule has 1 heterocycles. The van der Waals surface area contributed by atoms with Gasteiger partial charge in [0, 0.05) is 12.5 Å². The number of nitrogens with one attached hydrogen (secondary N) is 2. The van der Waals surface area contributed by atoms with Crippen LogP contribution < -0.4 is 10.6 Å². The molecule has 0 bridgehead atoms. The molecular weight excluding hydrogens is 375 g/mol. The Morgan fingerprint density at radius 1 is 1.04 bits per heavy atom. The van der Waals surface area contributed by atoms with E-state index < -0.39 is 35.7 Å². The van der Waals surface area contributed by atoms with Gasteiger partial charge in [-0.05, 0) is 25.2 Å². The highest BCUT2D eigenvalue weighted by atomic mass is 19.4. The maximum absolute atomic E-state index is 13.9. The van der Waals surface area contributed by atoms with Crippen LogP contribution >= 0.6 is 0 Å². The summed E-state index contributed by atoms with van der Waals surface area (Å²) >= 11 is 0. The second-order valence-electron chi connectivity index (χ2n) is 8.24. The second kappa shape index (κ2) is 8.29. The zero-order valence-corrected chi connectivity index (χ0v) is 15.9. The summed E-state index contributed by atoms with van der Waals surface area (Å²) in [6.45, 7) is 0. The Bertz CT molecular complexity index is 613. The van der Waals surface area contributed by atoms with Crippen LogP contribution in [0.3, 0.4) is 0 Å². The molecule has 3 rings (SSSR count). The molecule has 1 saturated heterocycles. The summed E-state index contributed by atoms with van der Waals surface area (Å²) in [5, 5.41) is 3.59. The number of imide groups is 1. The highest BCUT2D eigenvalue weighted by Gasteiger charge is 2.69. The van der Waals surface area contributed by atoms with Crippen LogP contribution in [0.5, 0.6) is 0 Å². The van der Waals surface area contributed by atoms with Gasteiger partial charge in [0.2, 0.25) is 5.91 Å². The third-order valence-corrected chi connectivity index (χ3v) is 6.25. The van der Waals surface area contributed by atoms with E-state index in [0.717, 1.165) is 51.4 Å². The molecule has 2 saturated carbocycles. The van der Waals surface area contributed by atoms with Crippen molar-refractivity contribution in [2.75, 3.05) is 0 Å². The monoisotopic (exact) mass is 403 g/mol. The predicted octanol–water partition coefficient (Wildman–Crippen LogP) is 3.61. The summed E-state index contributed by atoms with van der Waals surface area (Å²) in [4.78, 5) is 38.0. The molecule has 9 heteroatoms. The number of hydrogen-bond donors (Lipinski definition) is 2. The van der Waals surface area contributed by atoms with E-state index in [-0.39, 0.29) is 6.42 Å². The fourth-order valence-corrected chi connectivity index (χ4v) is 4.65. The number of urea groups is 1. The first-order valence-electron chi connectivity index (χ1n) is 10.3. The SMILES string of the molecule is O=C(CCC1CCCCC1)NC1(C(F)(F)F)NC(=O)N(C2CCCCC2)C1=O. The van der Waals surface area contributed by atoms with E-state index in [1.165, 1.54) is 0 Å². The van der Waals surface area contributed by atoms with Gasteiger partial charge in [-0.25, -0.2) is 4.79 Å². The number of carbonyl (C=O) groups excluding carboxylic acids is 3. The van der Waals surface area contributed by atoms with Crippen molar-refractivity contribution in [3.05, 3.63) is 0 Å². The fraction of sp³-hybridized carbons (Fsp3) is 0.842. The van der Waals surface area contributed by atoms with Crippen molar-refractivity contribution < 1.29 is 27.6 Å². The Labute approximate surface area is 162 Å². The first kappa shape index (κ1) is 20.9. The molecule has 2 aliphatic carbocycles. The first-order chi connectivity index (χ1) is 13.2. The van der Waals surface area contributed by atoms with Crippen molar-refractivity contribution in [3.63, 3.8) is 0 Å². The molecule has 0 aromatic heterocycles. The van der Waals surface area contributed by atoms with E-state index in [0.29, 0.717) is 30.1 Å². The van der Waals surface area contributed by atoms with E-state index in [1.54, 1.807) is 5.32 Å². The Kier molecular flexibility index (Phi) is 6.19. The van der Waals surface area contributed by atoms with E-state index in [2.05, 4.69) is 0 Å². The van der Waals surface area contributed by atoms with Crippen molar-refractivity contribution >= 4 is 17.8 Å². The maximum Gasteiger partial charge on any atom is 0.440 e. The largest absolute Gasteiger partial charge is 0.440 e. The van der Waals surface area contributed by atoms with E-state index in [9.17, 15) is 27.6 Å². The number of hydrogen-bond acceptors (Lipinski definition) is 3. The Morgan fingerprint density at radius 3 is 2.18 bits per heavy atom. The molecule has 2 N–H and O–H groups in total.